The Bertz CT molecular complexity index is 1140. The largest absolute Gasteiger partial charge is 0.466 e. The van der Waals surface area contributed by atoms with Crippen molar-refractivity contribution in [2.75, 3.05) is 5.32 Å². The van der Waals surface area contributed by atoms with Gasteiger partial charge in [0.25, 0.3) is 0 Å². The minimum absolute atomic E-state index is 0.124. The first-order valence-electron chi connectivity index (χ1n) is 9.32. The van der Waals surface area contributed by atoms with Crippen LogP contribution in [0.25, 0.3) is 22.6 Å². The van der Waals surface area contributed by atoms with Gasteiger partial charge in [0.2, 0.25) is 5.91 Å². The predicted octanol–water partition coefficient (Wildman–Crippen LogP) is 5.55. The van der Waals surface area contributed by atoms with Gasteiger partial charge in [0.1, 0.15) is 11.5 Å². The van der Waals surface area contributed by atoms with Crippen molar-refractivity contribution in [3.05, 3.63) is 64.9 Å². The van der Waals surface area contributed by atoms with Gasteiger partial charge in [-0.1, -0.05) is 29.8 Å². The van der Waals surface area contributed by atoms with Crippen LogP contribution in [0.3, 0.4) is 0 Å². The maximum Gasteiger partial charge on any atom is 0.226 e. The zero-order chi connectivity index (χ0) is 20.4. The van der Waals surface area contributed by atoms with Crippen LogP contribution in [0, 0.1) is 20.8 Å². The molecule has 0 aliphatic heterocycles. The summed E-state index contributed by atoms with van der Waals surface area (Å²) in [6, 6.07) is 9.99. The SMILES string of the molecule is Cc1ccc(-c2cnc(CCC(=O)Nc3nc(-c4cc(C)oc4C)cs3)o2)cc1. The summed E-state index contributed by atoms with van der Waals surface area (Å²) < 4.78 is 11.3. The van der Waals surface area contributed by atoms with Crippen LogP contribution in [0.2, 0.25) is 0 Å². The molecule has 1 N–H and O–H groups in total. The zero-order valence-electron chi connectivity index (χ0n) is 16.5. The second-order valence-electron chi connectivity index (χ2n) is 6.90. The number of rotatable bonds is 6. The summed E-state index contributed by atoms with van der Waals surface area (Å²) >= 11 is 1.39. The van der Waals surface area contributed by atoms with E-state index in [2.05, 4.69) is 15.3 Å². The molecule has 29 heavy (non-hydrogen) atoms. The lowest BCUT2D eigenvalue weighted by atomic mass is 10.1. The number of nitrogens with zero attached hydrogens (tertiary/aromatic N) is 2. The maximum atomic E-state index is 12.3. The molecule has 0 aliphatic rings. The lowest BCUT2D eigenvalue weighted by Gasteiger charge is -2.00. The van der Waals surface area contributed by atoms with E-state index in [0.717, 1.165) is 28.3 Å². The standard InChI is InChI=1S/C22H21N3O3S/c1-13-4-6-16(7-5-13)19-11-23-21(28-19)9-8-20(26)25-22-24-18(12-29-22)17-10-14(2)27-15(17)3/h4-7,10-12H,8-9H2,1-3H3,(H,24,25,26). The van der Waals surface area contributed by atoms with Crippen molar-refractivity contribution in [1.29, 1.82) is 0 Å². The van der Waals surface area contributed by atoms with Gasteiger partial charge < -0.3 is 14.2 Å². The number of oxazole rings is 1. The Morgan fingerprint density at radius 1 is 1.14 bits per heavy atom. The number of furan rings is 1. The monoisotopic (exact) mass is 407 g/mol. The average Bonchev–Trinajstić information content (AvgIpc) is 3.41. The minimum Gasteiger partial charge on any atom is -0.466 e. The number of nitrogens with one attached hydrogen (secondary N) is 1. The first kappa shape index (κ1) is 19.1. The quantitative estimate of drug-likeness (QED) is 0.453. The highest BCUT2D eigenvalue weighted by Gasteiger charge is 2.14. The van der Waals surface area contributed by atoms with E-state index < -0.39 is 0 Å². The van der Waals surface area contributed by atoms with Gasteiger partial charge >= 0.3 is 0 Å². The molecule has 6 nitrogen and oxygen atoms in total. The number of hydrogen-bond acceptors (Lipinski definition) is 6. The highest BCUT2D eigenvalue weighted by molar-refractivity contribution is 7.14. The van der Waals surface area contributed by atoms with Crippen molar-refractivity contribution in [3.8, 4) is 22.6 Å². The molecule has 0 unspecified atom stereocenters. The highest BCUT2D eigenvalue weighted by atomic mass is 32.1. The van der Waals surface area contributed by atoms with E-state index in [1.54, 1.807) is 6.20 Å². The molecule has 0 saturated heterocycles. The molecule has 3 heterocycles. The predicted molar refractivity (Wildman–Crippen MR) is 113 cm³/mol. The van der Waals surface area contributed by atoms with Gasteiger partial charge in [-0.05, 0) is 26.8 Å². The van der Waals surface area contributed by atoms with E-state index in [1.807, 2.05) is 56.5 Å². The van der Waals surface area contributed by atoms with E-state index in [1.165, 1.54) is 16.9 Å². The van der Waals surface area contributed by atoms with Gasteiger partial charge in [0.15, 0.2) is 16.8 Å². The summed E-state index contributed by atoms with van der Waals surface area (Å²) in [5.41, 5.74) is 3.91. The zero-order valence-corrected chi connectivity index (χ0v) is 17.3. The van der Waals surface area contributed by atoms with E-state index in [4.69, 9.17) is 8.83 Å². The minimum atomic E-state index is -0.124. The molecule has 0 aliphatic carbocycles. The number of aromatic nitrogens is 2. The van der Waals surface area contributed by atoms with E-state index >= 15 is 0 Å². The molecule has 0 spiro atoms. The maximum absolute atomic E-state index is 12.3. The van der Waals surface area contributed by atoms with E-state index in [9.17, 15) is 4.79 Å². The summed E-state index contributed by atoms with van der Waals surface area (Å²) in [4.78, 5) is 21.1. The topological polar surface area (TPSA) is 81.2 Å². The van der Waals surface area contributed by atoms with Crippen LogP contribution in [-0.2, 0) is 11.2 Å². The molecule has 0 bridgehead atoms. The Labute approximate surface area is 172 Å². The molecule has 0 fully saturated rings. The third-order valence-electron chi connectivity index (χ3n) is 4.52. The molecule has 4 rings (SSSR count). The normalized spacial score (nSPS) is 11.0. The molecule has 0 saturated carbocycles. The smallest absolute Gasteiger partial charge is 0.226 e. The van der Waals surface area contributed by atoms with Gasteiger partial charge in [-0.15, -0.1) is 11.3 Å². The summed E-state index contributed by atoms with van der Waals surface area (Å²) in [6.07, 6.45) is 2.39. The van der Waals surface area contributed by atoms with Gasteiger partial charge in [0.05, 0.1) is 11.9 Å². The number of carbonyl (C=O) groups is 1. The number of benzene rings is 1. The van der Waals surface area contributed by atoms with Crippen LogP contribution in [0.4, 0.5) is 5.13 Å². The van der Waals surface area contributed by atoms with Crippen LogP contribution in [0.15, 0.2) is 50.7 Å². The summed E-state index contributed by atoms with van der Waals surface area (Å²) in [5, 5.41) is 5.32. The summed E-state index contributed by atoms with van der Waals surface area (Å²) in [5.74, 6) is 2.78. The molecule has 0 radical (unpaired) electrons. The molecule has 0 atom stereocenters. The fourth-order valence-electron chi connectivity index (χ4n) is 3.02. The van der Waals surface area contributed by atoms with Crippen molar-refractivity contribution in [2.24, 2.45) is 0 Å². The second kappa shape index (κ2) is 8.05. The van der Waals surface area contributed by atoms with Crippen LogP contribution in [-0.4, -0.2) is 15.9 Å². The molecule has 1 aromatic carbocycles. The van der Waals surface area contributed by atoms with Gasteiger partial charge in [0, 0.05) is 29.3 Å². The van der Waals surface area contributed by atoms with Gasteiger partial charge in [-0.2, -0.15) is 0 Å². The number of carbonyl (C=O) groups excluding carboxylic acids is 1. The summed E-state index contributed by atoms with van der Waals surface area (Å²) in [7, 11) is 0. The Morgan fingerprint density at radius 3 is 2.66 bits per heavy atom. The highest BCUT2D eigenvalue weighted by Crippen LogP contribution is 2.29. The Kier molecular flexibility index (Phi) is 5.31. The van der Waals surface area contributed by atoms with Crippen LogP contribution < -0.4 is 5.32 Å². The molecule has 4 aromatic rings. The van der Waals surface area contributed by atoms with Crippen molar-refractivity contribution in [3.63, 3.8) is 0 Å². The Hall–Kier alpha value is -3.19. The Balaban J connectivity index is 1.34. The number of hydrogen-bond donors (Lipinski definition) is 1. The van der Waals surface area contributed by atoms with E-state index in [0.29, 0.717) is 23.2 Å². The molecule has 1 amide bonds. The van der Waals surface area contributed by atoms with Crippen molar-refractivity contribution < 1.29 is 13.6 Å². The third kappa shape index (κ3) is 4.46. The first-order chi connectivity index (χ1) is 14.0. The molecular weight excluding hydrogens is 386 g/mol. The fourth-order valence-corrected chi connectivity index (χ4v) is 3.75. The molecular formula is C22H21N3O3S. The van der Waals surface area contributed by atoms with Gasteiger partial charge in [-0.25, -0.2) is 9.97 Å². The van der Waals surface area contributed by atoms with Crippen LogP contribution in [0.1, 0.15) is 29.4 Å². The lowest BCUT2D eigenvalue weighted by Crippen LogP contribution is -2.12. The van der Waals surface area contributed by atoms with Crippen LogP contribution in [0.5, 0.6) is 0 Å². The van der Waals surface area contributed by atoms with Crippen molar-refractivity contribution in [2.45, 2.75) is 33.6 Å². The number of anilines is 1. The van der Waals surface area contributed by atoms with Gasteiger partial charge in [-0.3, -0.25) is 4.79 Å². The lowest BCUT2D eigenvalue weighted by molar-refractivity contribution is -0.116. The summed E-state index contributed by atoms with van der Waals surface area (Å²) in [6.45, 7) is 5.84. The Morgan fingerprint density at radius 2 is 1.93 bits per heavy atom. The number of thiazole rings is 1. The second-order valence-corrected chi connectivity index (χ2v) is 7.76. The van der Waals surface area contributed by atoms with E-state index in [-0.39, 0.29) is 12.3 Å². The molecule has 3 aromatic heterocycles. The average molecular weight is 407 g/mol. The first-order valence-corrected chi connectivity index (χ1v) is 10.2. The number of amides is 1. The van der Waals surface area contributed by atoms with Crippen molar-refractivity contribution >= 4 is 22.4 Å². The molecule has 148 valence electrons. The third-order valence-corrected chi connectivity index (χ3v) is 5.28. The van der Waals surface area contributed by atoms with Crippen molar-refractivity contribution in [1.82, 2.24) is 9.97 Å². The number of aryl methyl sites for hydroxylation is 4. The molecule has 7 heteroatoms. The van der Waals surface area contributed by atoms with Crippen LogP contribution >= 0.6 is 11.3 Å². The fraction of sp³-hybridized carbons (Fsp3) is 0.227.